The molecule has 1 aliphatic heterocycles. The van der Waals surface area contributed by atoms with Gasteiger partial charge in [-0.3, -0.25) is 9.59 Å². The Hall–Kier alpha value is -4.52. The topological polar surface area (TPSA) is 103 Å². The van der Waals surface area contributed by atoms with Gasteiger partial charge in [0.25, 0.3) is 11.7 Å². The predicted molar refractivity (Wildman–Crippen MR) is 137 cm³/mol. The molecule has 7 nitrogen and oxygen atoms in total. The van der Waals surface area contributed by atoms with E-state index >= 15 is 0 Å². The summed E-state index contributed by atoms with van der Waals surface area (Å²) in [7, 11) is 1.56. The molecule has 36 heavy (non-hydrogen) atoms. The number of aromatic hydroxyl groups is 1. The van der Waals surface area contributed by atoms with E-state index in [0.29, 0.717) is 23.3 Å². The first kappa shape index (κ1) is 23.2. The number of ketones is 1. The minimum absolute atomic E-state index is 0.0224. The number of hydrogen-bond donors (Lipinski definition) is 3. The van der Waals surface area contributed by atoms with Gasteiger partial charge >= 0.3 is 0 Å². The van der Waals surface area contributed by atoms with Crippen LogP contribution < -0.4 is 4.74 Å². The average Bonchev–Trinajstić information content (AvgIpc) is 3.41. The fourth-order valence-electron chi connectivity index (χ4n) is 4.87. The van der Waals surface area contributed by atoms with E-state index in [9.17, 15) is 19.8 Å². The number of aliphatic hydroxyl groups is 1. The third-order valence-corrected chi connectivity index (χ3v) is 6.71. The van der Waals surface area contributed by atoms with Crippen LogP contribution in [0.4, 0.5) is 0 Å². The summed E-state index contributed by atoms with van der Waals surface area (Å²) in [5.41, 5.74) is 3.89. The third kappa shape index (κ3) is 3.98. The number of phenolic OH excluding ortho intramolecular Hbond substituents is 1. The van der Waals surface area contributed by atoms with Crippen molar-refractivity contribution < 1.29 is 24.5 Å². The maximum absolute atomic E-state index is 13.3. The number of carbonyl (C=O) groups excluding carboxylic acids is 2. The zero-order chi connectivity index (χ0) is 25.4. The number of aliphatic hydroxyl groups excluding tert-OH is 1. The Bertz CT molecular complexity index is 1500. The largest absolute Gasteiger partial charge is 0.508 e. The van der Waals surface area contributed by atoms with Crippen molar-refractivity contribution in [3.05, 3.63) is 101 Å². The van der Waals surface area contributed by atoms with Crippen molar-refractivity contribution >= 4 is 28.4 Å². The molecule has 182 valence electrons. The highest BCUT2D eigenvalue weighted by molar-refractivity contribution is 6.46. The highest BCUT2D eigenvalue weighted by atomic mass is 16.5. The Balaban J connectivity index is 1.57. The zero-order valence-electron chi connectivity index (χ0n) is 20.0. The average molecular weight is 483 g/mol. The molecule has 0 radical (unpaired) electrons. The molecule has 1 fully saturated rings. The Morgan fingerprint density at radius 2 is 1.81 bits per heavy atom. The summed E-state index contributed by atoms with van der Waals surface area (Å²) >= 11 is 0. The summed E-state index contributed by atoms with van der Waals surface area (Å²) in [6, 6.07) is 18.6. The Morgan fingerprint density at radius 3 is 2.53 bits per heavy atom. The Morgan fingerprint density at radius 1 is 1.06 bits per heavy atom. The van der Waals surface area contributed by atoms with Crippen molar-refractivity contribution in [3.63, 3.8) is 0 Å². The number of benzene rings is 3. The normalized spacial score (nSPS) is 17.2. The molecule has 7 heteroatoms. The number of amides is 1. The van der Waals surface area contributed by atoms with E-state index in [1.807, 2.05) is 37.4 Å². The van der Waals surface area contributed by atoms with E-state index in [1.165, 1.54) is 17.0 Å². The van der Waals surface area contributed by atoms with Gasteiger partial charge in [-0.1, -0.05) is 30.3 Å². The van der Waals surface area contributed by atoms with Crippen LogP contribution in [-0.2, 0) is 16.0 Å². The van der Waals surface area contributed by atoms with Gasteiger partial charge in [0.05, 0.1) is 18.7 Å². The number of nitrogens with zero attached hydrogens (tertiary/aromatic N) is 1. The van der Waals surface area contributed by atoms with E-state index in [1.54, 1.807) is 37.4 Å². The molecule has 1 saturated heterocycles. The predicted octanol–water partition coefficient (Wildman–Crippen LogP) is 4.85. The van der Waals surface area contributed by atoms with Crippen LogP contribution in [0.25, 0.3) is 16.7 Å². The van der Waals surface area contributed by atoms with Gasteiger partial charge in [-0.25, -0.2) is 0 Å². The van der Waals surface area contributed by atoms with Gasteiger partial charge in [0.2, 0.25) is 0 Å². The van der Waals surface area contributed by atoms with E-state index < -0.39 is 17.7 Å². The Labute approximate surface area is 208 Å². The maximum Gasteiger partial charge on any atom is 0.295 e. The van der Waals surface area contributed by atoms with E-state index in [2.05, 4.69) is 4.98 Å². The summed E-state index contributed by atoms with van der Waals surface area (Å²) in [5, 5.41) is 22.1. The molecule has 0 saturated carbocycles. The first-order chi connectivity index (χ1) is 17.4. The van der Waals surface area contributed by atoms with Crippen molar-refractivity contribution in [2.24, 2.45) is 0 Å². The third-order valence-electron chi connectivity index (χ3n) is 6.71. The standard InChI is InChI=1S/C29H26N2O5/c1-17-15-19(9-12-24(17)36-2)27(33)25-26(18-7-10-21(32)11-8-18)31(29(35)28(25)34)14-13-20-16-30-23-6-4-3-5-22(20)23/h3-12,15-16,26,30,32-33H,13-14H2,1-2H3/b27-25+. The van der Waals surface area contributed by atoms with Gasteiger partial charge < -0.3 is 24.8 Å². The van der Waals surface area contributed by atoms with Crippen molar-refractivity contribution in [1.29, 1.82) is 0 Å². The van der Waals surface area contributed by atoms with E-state index in [0.717, 1.165) is 22.0 Å². The van der Waals surface area contributed by atoms with Gasteiger partial charge in [-0.05, 0) is 66.4 Å². The van der Waals surface area contributed by atoms with Gasteiger partial charge in [0.1, 0.15) is 17.3 Å². The summed E-state index contributed by atoms with van der Waals surface area (Å²) in [4.78, 5) is 31.3. The SMILES string of the molecule is COc1ccc(/C(O)=C2\C(=O)C(=O)N(CCc3c[nH]c4ccccc34)C2c2ccc(O)cc2)cc1C. The lowest BCUT2D eigenvalue weighted by Gasteiger charge is -2.25. The van der Waals surface area contributed by atoms with Gasteiger partial charge in [0, 0.05) is 29.2 Å². The molecule has 0 bridgehead atoms. The van der Waals surface area contributed by atoms with Crippen LogP contribution in [0, 0.1) is 6.92 Å². The number of carbonyl (C=O) groups is 2. The second kappa shape index (κ2) is 9.26. The second-order valence-electron chi connectivity index (χ2n) is 8.88. The molecule has 2 heterocycles. The number of phenols is 1. The number of aryl methyl sites for hydroxylation is 1. The van der Waals surface area contributed by atoms with E-state index in [-0.39, 0.29) is 23.6 Å². The van der Waals surface area contributed by atoms with Crippen LogP contribution in [0.5, 0.6) is 11.5 Å². The smallest absolute Gasteiger partial charge is 0.295 e. The molecule has 4 aromatic rings. The minimum atomic E-state index is -0.793. The first-order valence-corrected chi connectivity index (χ1v) is 11.7. The number of likely N-dealkylation sites (tertiary alicyclic amines) is 1. The van der Waals surface area contributed by atoms with Crippen LogP contribution in [0.3, 0.4) is 0 Å². The molecule has 0 spiro atoms. The molecule has 1 unspecified atom stereocenters. The fourth-order valence-corrected chi connectivity index (χ4v) is 4.87. The van der Waals surface area contributed by atoms with Crippen LogP contribution in [-0.4, -0.2) is 45.4 Å². The van der Waals surface area contributed by atoms with Crippen LogP contribution in [0.1, 0.15) is 28.3 Å². The number of hydrogen-bond acceptors (Lipinski definition) is 5. The highest BCUT2D eigenvalue weighted by Gasteiger charge is 2.45. The van der Waals surface area contributed by atoms with Crippen LogP contribution >= 0.6 is 0 Å². The molecular weight excluding hydrogens is 456 g/mol. The number of fused-ring (bicyclic) bond motifs is 1. The van der Waals surface area contributed by atoms with Crippen molar-refractivity contribution in [2.45, 2.75) is 19.4 Å². The van der Waals surface area contributed by atoms with E-state index in [4.69, 9.17) is 4.74 Å². The summed E-state index contributed by atoms with van der Waals surface area (Å²) in [5.74, 6) is -0.925. The summed E-state index contributed by atoms with van der Waals surface area (Å²) in [6.07, 6.45) is 2.43. The molecule has 1 amide bonds. The van der Waals surface area contributed by atoms with Crippen molar-refractivity contribution in [2.75, 3.05) is 13.7 Å². The van der Waals surface area contributed by atoms with Crippen molar-refractivity contribution in [1.82, 2.24) is 9.88 Å². The summed E-state index contributed by atoms with van der Waals surface area (Å²) < 4.78 is 5.31. The number of methoxy groups -OCH3 is 1. The molecule has 3 aromatic carbocycles. The van der Waals surface area contributed by atoms with Crippen molar-refractivity contribution in [3.8, 4) is 11.5 Å². The monoisotopic (exact) mass is 482 g/mol. The fraction of sp³-hybridized carbons (Fsp3) is 0.172. The molecule has 0 aliphatic carbocycles. The maximum atomic E-state index is 13.3. The lowest BCUT2D eigenvalue weighted by Crippen LogP contribution is -2.31. The van der Waals surface area contributed by atoms with Crippen LogP contribution in [0.2, 0.25) is 0 Å². The van der Waals surface area contributed by atoms with Gasteiger partial charge in [-0.15, -0.1) is 0 Å². The number of Topliss-reactive ketones (excluding diaryl/α,β-unsaturated/α-hetero) is 1. The summed E-state index contributed by atoms with van der Waals surface area (Å²) in [6.45, 7) is 2.11. The number of rotatable bonds is 6. The number of H-pyrrole nitrogens is 1. The molecular formula is C29H26N2O5. The number of para-hydroxylation sites is 1. The molecule has 5 rings (SSSR count). The number of aromatic nitrogens is 1. The van der Waals surface area contributed by atoms with Gasteiger partial charge in [-0.2, -0.15) is 0 Å². The second-order valence-corrected chi connectivity index (χ2v) is 8.88. The molecule has 1 atom stereocenters. The zero-order valence-corrected chi connectivity index (χ0v) is 20.0. The lowest BCUT2D eigenvalue weighted by molar-refractivity contribution is -0.139. The molecule has 1 aliphatic rings. The molecule has 1 aromatic heterocycles. The number of nitrogens with one attached hydrogen (secondary N) is 1. The Kier molecular flexibility index (Phi) is 5.98. The first-order valence-electron chi connectivity index (χ1n) is 11.7. The highest BCUT2D eigenvalue weighted by Crippen LogP contribution is 2.40. The number of aromatic amines is 1. The lowest BCUT2D eigenvalue weighted by atomic mass is 9.94. The van der Waals surface area contributed by atoms with Crippen LogP contribution in [0.15, 0.2) is 78.5 Å². The minimum Gasteiger partial charge on any atom is -0.508 e. The van der Waals surface area contributed by atoms with Gasteiger partial charge in [0.15, 0.2) is 0 Å². The quantitative estimate of drug-likeness (QED) is 0.207. The number of ether oxygens (including phenoxy) is 1. The molecule has 3 N–H and O–H groups in total.